The molecule has 3 nitrogen and oxygen atoms in total. The van der Waals surface area contributed by atoms with Crippen LogP contribution in [0.3, 0.4) is 0 Å². The molecule has 4 heteroatoms. The lowest BCUT2D eigenvalue weighted by molar-refractivity contribution is -0.0506. The minimum Gasteiger partial charge on any atom is -0.212 e. The molecular weight excluding hydrogens is 234 g/mol. The fourth-order valence-corrected chi connectivity index (χ4v) is 5.86. The normalized spacial score (nSPS) is 48.6. The van der Waals surface area contributed by atoms with Gasteiger partial charge in [0.1, 0.15) is 0 Å². The SMILES string of the molecule is CCS(=O)(=O)NC12CC3CC(C1)C(C)C(C3)C2. The quantitative estimate of drug-likeness (QED) is 0.842. The summed E-state index contributed by atoms with van der Waals surface area (Å²) in [5.41, 5.74) is -0.0716. The van der Waals surface area contributed by atoms with Gasteiger partial charge in [-0.25, -0.2) is 13.1 Å². The molecule has 2 unspecified atom stereocenters. The van der Waals surface area contributed by atoms with Crippen LogP contribution in [-0.2, 0) is 10.0 Å². The van der Waals surface area contributed by atoms with E-state index in [0.29, 0.717) is 0 Å². The molecule has 4 bridgehead atoms. The summed E-state index contributed by atoms with van der Waals surface area (Å²) < 4.78 is 26.8. The predicted molar refractivity (Wildman–Crippen MR) is 68.0 cm³/mol. The lowest BCUT2D eigenvalue weighted by Crippen LogP contribution is -2.62. The molecule has 0 aromatic rings. The van der Waals surface area contributed by atoms with E-state index >= 15 is 0 Å². The molecule has 0 spiro atoms. The van der Waals surface area contributed by atoms with E-state index in [0.717, 1.165) is 42.9 Å². The molecule has 0 radical (unpaired) electrons. The Labute approximate surface area is 104 Å². The van der Waals surface area contributed by atoms with Crippen molar-refractivity contribution >= 4 is 10.0 Å². The number of hydrogen-bond acceptors (Lipinski definition) is 2. The Bertz CT molecular complexity index is 401. The van der Waals surface area contributed by atoms with Crippen molar-refractivity contribution in [1.29, 1.82) is 0 Å². The summed E-state index contributed by atoms with van der Waals surface area (Å²) in [6, 6.07) is 0. The van der Waals surface area contributed by atoms with Crippen molar-refractivity contribution in [2.75, 3.05) is 5.75 Å². The molecule has 0 aliphatic heterocycles. The van der Waals surface area contributed by atoms with Gasteiger partial charge in [-0.2, -0.15) is 0 Å². The molecule has 98 valence electrons. The Morgan fingerprint density at radius 2 is 1.76 bits per heavy atom. The zero-order chi connectivity index (χ0) is 12.3. The van der Waals surface area contributed by atoms with Gasteiger partial charge >= 0.3 is 0 Å². The van der Waals surface area contributed by atoms with E-state index in [9.17, 15) is 8.42 Å². The van der Waals surface area contributed by atoms with E-state index in [1.54, 1.807) is 6.92 Å². The Kier molecular flexibility index (Phi) is 2.61. The molecule has 0 amide bonds. The van der Waals surface area contributed by atoms with Gasteiger partial charge in [-0.1, -0.05) is 6.92 Å². The average Bonchev–Trinajstić information content (AvgIpc) is 2.23. The minimum absolute atomic E-state index is 0.0716. The van der Waals surface area contributed by atoms with E-state index in [1.807, 2.05) is 0 Å². The number of hydrogen-bond donors (Lipinski definition) is 1. The van der Waals surface area contributed by atoms with Crippen LogP contribution in [-0.4, -0.2) is 19.7 Å². The van der Waals surface area contributed by atoms with E-state index < -0.39 is 10.0 Å². The smallest absolute Gasteiger partial charge is 0.211 e. The maximum atomic E-state index is 11.9. The first kappa shape index (κ1) is 12.0. The molecular formula is C13H23NO2S. The van der Waals surface area contributed by atoms with Gasteiger partial charge in [0, 0.05) is 5.54 Å². The van der Waals surface area contributed by atoms with Crippen LogP contribution < -0.4 is 4.72 Å². The van der Waals surface area contributed by atoms with E-state index in [1.165, 1.54) is 12.8 Å². The summed E-state index contributed by atoms with van der Waals surface area (Å²) in [6.45, 7) is 4.10. The summed E-state index contributed by atoms with van der Waals surface area (Å²) in [7, 11) is -3.05. The van der Waals surface area contributed by atoms with Crippen molar-refractivity contribution in [2.24, 2.45) is 23.7 Å². The van der Waals surface area contributed by atoms with Gasteiger partial charge in [0.25, 0.3) is 0 Å². The summed E-state index contributed by atoms with van der Waals surface area (Å²) in [5, 5.41) is 0. The van der Waals surface area contributed by atoms with Gasteiger partial charge in [-0.05, 0) is 62.7 Å². The van der Waals surface area contributed by atoms with E-state index in [-0.39, 0.29) is 11.3 Å². The third-order valence-electron chi connectivity index (χ3n) is 5.50. The van der Waals surface area contributed by atoms with Crippen LogP contribution in [0.25, 0.3) is 0 Å². The highest BCUT2D eigenvalue weighted by Crippen LogP contribution is 2.58. The third kappa shape index (κ3) is 1.93. The highest BCUT2D eigenvalue weighted by Gasteiger charge is 2.54. The second-order valence-corrected chi connectivity index (χ2v) is 8.63. The molecule has 4 rings (SSSR count). The first-order valence-corrected chi connectivity index (χ1v) is 8.60. The summed E-state index contributed by atoms with van der Waals surface area (Å²) in [6.07, 6.45) is 5.94. The third-order valence-corrected chi connectivity index (χ3v) is 7.00. The van der Waals surface area contributed by atoms with Crippen molar-refractivity contribution in [2.45, 2.75) is 51.5 Å². The molecule has 4 aliphatic carbocycles. The van der Waals surface area contributed by atoms with Gasteiger partial charge in [0.15, 0.2) is 0 Å². The van der Waals surface area contributed by atoms with Crippen LogP contribution >= 0.6 is 0 Å². The van der Waals surface area contributed by atoms with Crippen LogP contribution in [0.2, 0.25) is 0 Å². The van der Waals surface area contributed by atoms with E-state index in [2.05, 4.69) is 11.6 Å². The largest absolute Gasteiger partial charge is 0.212 e. The van der Waals surface area contributed by atoms with Crippen LogP contribution in [0, 0.1) is 23.7 Å². The average molecular weight is 257 g/mol. The highest BCUT2D eigenvalue weighted by atomic mass is 32.2. The van der Waals surface area contributed by atoms with Crippen molar-refractivity contribution in [3.8, 4) is 0 Å². The fourth-order valence-electron chi connectivity index (χ4n) is 4.81. The second kappa shape index (κ2) is 3.70. The molecule has 4 fully saturated rings. The van der Waals surface area contributed by atoms with Crippen LogP contribution in [0.1, 0.15) is 46.0 Å². The molecule has 0 aromatic heterocycles. The predicted octanol–water partition coefficient (Wildman–Crippen LogP) is 2.14. The molecule has 4 saturated carbocycles. The minimum atomic E-state index is -3.05. The first-order chi connectivity index (χ1) is 7.93. The highest BCUT2D eigenvalue weighted by molar-refractivity contribution is 7.89. The second-order valence-electron chi connectivity index (χ2n) is 6.61. The van der Waals surface area contributed by atoms with Crippen LogP contribution in [0.4, 0.5) is 0 Å². The van der Waals surface area contributed by atoms with Crippen LogP contribution in [0.5, 0.6) is 0 Å². The Morgan fingerprint density at radius 1 is 1.18 bits per heavy atom. The maximum Gasteiger partial charge on any atom is 0.211 e. The first-order valence-electron chi connectivity index (χ1n) is 6.95. The number of rotatable bonds is 3. The molecule has 0 heterocycles. The molecule has 2 atom stereocenters. The van der Waals surface area contributed by atoms with E-state index in [4.69, 9.17) is 0 Å². The van der Waals surface area contributed by atoms with Crippen LogP contribution in [0.15, 0.2) is 0 Å². The van der Waals surface area contributed by atoms with Crippen molar-refractivity contribution in [1.82, 2.24) is 4.72 Å². The number of nitrogens with one attached hydrogen (secondary N) is 1. The number of sulfonamides is 1. The van der Waals surface area contributed by atoms with Crippen molar-refractivity contribution in [3.05, 3.63) is 0 Å². The zero-order valence-corrected chi connectivity index (χ0v) is 11.6. The Balaban J connectivity index is 1.85. The standard InChI is InChI=1S/C13H23NO2S/c1-3-17(15,16)14-13-6-10-4-11(7-13)9(2)12(5-10)8-13/h9-12,14H,3-8H2,1-2H3. The van der Waals surface area contributed by atoms with Gasteiger partial charge < -0.3 is 0 Å². The monoisotopic (exact) mass is 257 g/mol. The topological polar surface area (TPSA) is 46.2 Å². The van der Waals surface area contributed by atoms with Crippen molar-refractivity contribution < 1.29 is 8.42 Å². The lowest BCUT2D eigenvalue weighted by atomic mass is 9.50. The van der Waals surface area contributed by atoms with Gasteiger partial charge in [0.05, 0.1) is 5.75 Å². The van der Waals surface area contributed by atoms with Gasteiger partial charge in [-0.15, -0.1) is 0 Å². The summed E-state index contributed by atoms with van der Waals surface area (Å²) in [4.78, 5) is 0. The molecule has 4 aliphatic rings. The fraction of sp³-hybridized carbons (Fsp3) is 1.00. The molecule has 1 N–H and O–H groups in total. The van der Waals surface area contributed by atoms with Gasteiger partial charge in [-0.3, -0.25) is 0 Å². The lowest BCUT2D eigenvalue weighted by Gasteiger charge is -2.59. The zero-order valence-electron chi connectivity index (χ0n) is 10.8. The molecule has 0 saturated heterocycles. The van der Waals surface area contributed by atoms with Crippen molar-refractivity contribution in [3.63, 3.8) is 0 Å². The summed E-state index contributed by atoms with van der Waals surface area (Å²) in [5.74, 6) is 3.33. The molecule has 0 aromatic carbocycles. The summed E-state index contributed by atoms with van der Waals surface area (Å²) >= 11 is 0. The maximum absolute atomic E-state index is 11.9. The Morgan fingerprint density at radius 3 is 2.29 bits per heavy atom. The molecule has 17 heavy (non-hydrogen) atoms. The van der Waals surface area contributed by atoms with Gasteiger partial charge in [0.2, 0.25) is 10.0 Å². The Hall–Kier alpha value is -0.0900.